The third-order valence-electron chi connectivity index (χ3n) is 3.98. The number of hydrogen-bond donors (Lipinski definition) is 2. The molecule has 0 aliphatic carbocycles. The van der Waals surface area contributed by atoms with Crippen LogP contribution < -0.4 is 4.72 Å². The molecule has 0 unspecified atom stereocenters. The summed E-state index contributed by atoms with van der Waals surface area (Å²) in [6.07, 6.45) is 0. The van der Waals surface area contributed by atoms with Crippen molar-refractivity contribution in [2.45, 2.75) is 18.7 Å². The van der Waals surface area contributed by atoms with Crippen LogP contribution in [0.5, 0.6) is 0 Å². The van der Waals surface area contributed by atoms with Gasteiger partial charge in [-0.05, 0) is 38.1 Å². The van der Waals surface area contributed by atoms with Gasteiger partial charge in [0.15, 0.2) is 0 Å². The number of nitrogens with one attached hydrogen (secondary N) is 2. The lowest BCUT2D eigenvalue weighted by Gasteiger charge is -2.09. The third-order valence-corrected chi connectivity index (χ3v) is 5.35. The van der Waals surface area contributed by atoms with E-state index >= 15 is 0 Å². The fraction of sp³-hybridized carbons (Fsp3) is 0.111. The molecule has 26 heavy (non-hydrogen) atoms. The number of benzene rings is 2. The van der Waals surface area contributed by atoms with E-state index in [9.17, 15) is 8.42 Å². The SMILES string of the molecule is Cc1ccc(S(=O)(=O)Nc2cc(C)nn2-c2nc3ccccc3[nH]2)cc1. The van der Waals surface area contributed by atoms with E-state index in [4.69, 9.17) is 0 Å². The summed E-state index contributed by atoms with van der Waals surface area (Å²) in [6.45, 7) is 3.70. The first kappa shape index (κ1) is 16.3. The van der Waals surface area contributed by atoms with Crippen LogP contribution in [0.4, 0.5) is 5.82 Å². The highest BCUT2D eigenvalue weighted by Crippen LogP contribution is 2.21. The minimum Gasteiger partial charge on any atom is -0.322 e. The average Bonchev–Trinajstić information content (AvgIpc) is 3.17. The van der Waals surface area contributed by atoms with Gasteiger partial charge in [-0.1, -0.05) is 29.8 Å². The van der Waals surface area contributed by atoms with Crippen molar-refractivity contribution < 1.29 is 8.42 Å². The van der Waals surface area contributed by atoms with Crippen LogP contribution in [0, 0.1) is 13.8 Å². The van der Waals surface area contributed by atoms with Gasteiger partial charge in [0.1, 0.15) is 5.82 Å². The third kappa shape index (κ3) is 2.95. The van der Waals surface area contributed by atoms with Crippen LogP contribution in [0.15, 0.2) is 59.5 Å². The number of hydrogen-bond acceptors (Lipinski definition) is 4. The van der Waals surface area contributed by atoms with Gasteiger partial charge in [0, 0.05) is 6.07 Å². The molecule has 0 aliphatic rings. The minimum atomic E-state index is -3.73. The first-order valence-corrected chi connectivity index (χ1v) is 9.52. The van der Waals surface area contributed by atoms with Crippen LogP contribution in [-0.2, 0) is 10.0 Å². The van der Waals surface area contributed by atoms with E-state index in [-0.39, 0.29) is 4.90 Å². The molecule has 0 atom stereocenters. The normalized spacial score (nSPS) is 11.8. The Balaban J connectivity index is 1.75. The van der Waals surface area contributed by atoms with Crippen molar-refractivity contribution in [2.24, 2.45) is 0 Å². The van der Waals surface area contributed by atoms with Crippen molar-refractivity contribution >= 4 is 26.9 Å². The van der Waals surface area contributed by atoms with Gasteiger partial charge in [0.05, 0.1) is 21.6 Å². The number of imidazole rings is 1. The van der Waals surface area contributed by atoms with Gasteiger partial charge in [0.2, 0.25) is 5.95 Å². The molecule has 2 aromatic heterocycles. The summed E-state index contributed by atoms with van der Waals surface area (Å²) in [5, 5.41) is 4.36. The number of sulfonamides is 1. The number of aromatic nitrogens is 4. The Labute approximate surface area is 150 Å². The summed E-state index contributed by atoms with van der Waals surface area (Å²) in [5.41, 5.74) is 3.30. The highest BCUT2D eigenvalue weighted by molar-refractivity contribution is 7.92. The molecule has 2 aromatic carbocycles. The second-order valence-corrected chi connectivity index (χ2v) is 7.76. The second-order valence-electron chi connectivity index (χ2n) is 6.08. The molecule has 0 bridgehead atoms. The predicted octanol–water partition coefficient (Wildman–Crippen LogP) is 3.17. The molecule has 4 aromatic rings. The van der Waals surface area contributed by atoms with Crippen molar-refractivity contribution in [3.63, 3.8) is 0 Å². The number of H-pyrrole nitrogens is 1. The number of anilines is 1. The number of aromatic amines is 1. The largest absolute Gasteiger partial charge is 0.322 e. The van der Waals surface area contributed by atoms with E-state index in [2.05, 4.69) is 19.8 Å². The van der Waals surface area contributed by atoms with Crippen LogP contribution in [0.1, 0.15) is 11.3 Å². The number of fused-ring (bicyclic) bond motifs is 1. The number of aryl methyl sites for hydroxylation is 2. The van der Waals surface area contributed by atoms with Gasteiger partial charge < -0.3 is 4.98 Å². The van der Waals surface area contributed by atoms with E-state index in [1.54, 1.807) is 37.3 Å². The highest BCUT2D eigenvalue weighted by atomic mass is 32.2. The zero-order valence-corrected chi connectivity index (χ0v) is 15.1. The summed E-state index contributed by atoms with van der Waals surface area (Å²) < 4.78 is 29.4. The monoisotopic (exact) mass is 367 g/mol. The molecule has 0 fully saturated rings. The lowest BCUT2D eigenvalue weighted by Crippen LogP contribution is -2.16. The van der Waals surface area contributed by atoms with E-state index in [0.29, 0.717) is 17.5 Å². The van der Waals surface area contributed by atoms with Crippen LogP contribution in [0.3, 0.4) is 0 Å². The number of para-hydroxylation sites is 2. The van der Waals surface area contributed by atoms with E-state index in [1.807, 2.05) is 31.2 Å². The quantitative estimate of drug-likeness (QED) is 0.579. The predicted molar refractivity (Wildman–Crippen MR) is 99.9 cm³/mol. The highest BCUT2D eigenvalue weighted by Gasteiger charge is 2.19. The van der Waals surface area contributed by atoms with Gasteiger partial charge in [-0.3, -0.25) is 4.72 Å². The van der Waals surface area contributed by atoms with Crippen LogP contribution in [-0.4, -0.2) is 28.2 Å². The first-order valence-electron chi connectivity index (χ1n) is 8.04. The minimum absolute atomic E-state index is 0.193. The molecule has 7 nitrogen and oxygen atoms in total. The lowest BCUT2D eigenvalue weighted by molar-refractivity contribution is 0.600. The van der Waals surface area contributed by atoms with Gasteiger partial charge in [0.25, 0.3) is 10.0 Å². The molecular formula is C18H17N5O2S. The molecule has 132 valence electrons. The number of nitrogens with zero attached hydrogens (tertiary/aromatic N) is 3. The van der Waals surface area contributed by atoms with Crippen molar-refractivity contribution in [3.05, 3.63) is 65.9 Å². The molecule has 0 saturated heterocycles. The van der Waals surface area contributed by atoms with Crippen LogP contribution >= 0.6 is 0 Å². The Morgan fingerprint density at radius 2 is 1.77 bits per heavy atom. The second kappa shape index (κ2) is 5.99. The Kier molecular flexibility index (Phi) is 3.77. The van der Waals surface area contributed by atoms with Gasteiger partial charge >= 0.3 is 0 Å². The van der Waals surface area contributed by atoms with Crippen molar-refractivity contribution in [2.75, 3.05) is 4.72 Å². The van der Waals surface area contributed by atoms with E-state index in [1.165, 1.54) is 4.68 Å². The fourth-order valence-corrected chi connectivity index (χ4v) is 3.72. The molecular weight excluding hydrogens is 350 g/mol. The van der Waals surface area contributed by atoms with E-state index < -0.39 is 10.0 Å². The first-order chi connectivity index (χ1) is 12.4. The Hall–Kier alpha value is -3.13. The maximum atomic E-state index is 12.7. The topological polar surface area (TPSA) is 92.7 Å². The Morgan fingerprint density at radius 3 is 2.50 bits per heavy atom. The van der Waals surface area contributed by atoms with Crippen LogP contribution in [0.2, 0.25) is 0 Å². The lowest BCUT2D eigenvalue weighted by atomic mass is 10.2. The maximum Gasteiger partial charge on any atom is 0.263 e. The molecule has 0 radical (unpaired) electrons. The summed E-state index contributed by atoms with van der Waals surface area (Å²) in [4.78, 5) is 7.83. The Bertz CT molecular complexity index is 1160. The maximum absolute atomic E-state index is 12.7. The summed E-state index contributed by atoms with van der Waals surface area (Å²) >= 11 is 0. The zero-order chi connectivity index (χ0) is 18.3. The molecule has 8 heteroatoms. The molecule has 0 aliphatic heterocycles. The zero-order valence-electron chi connectivity index (χ0n) is 14.3. The molecule has 4 rings (SSSR count). The smallest absolute Gasteiger partial charge is 0.263 e. The molecule has 0 saturated carbocycles. The van der Waals surface area contributed by atoms with Gasteiger partial charge in [-0.25, -0.2) is 13.4 Å². The van der Waals surface area contributed by atoms with Gasteiger partial charge in [-0.2, -0.15) is 9.78 Å². The summed E-state index contributed by atoms with van der Waals surface area (Å²) in [6, 6.07) is 15.9. The average molecular weight is 367 g/mol. The fourth-order valence-electron chi connectivity index (χ4n) is 2.69. The standard InChI is InChI=1S/C18H17N5O2S/c1-12-7-9-14(10-8-12)26(24,25)22-17-11-13(2)21-23(17)18-19-15-5-3-4-6-16(15)20-18/h3-11,22H,1-2H3,(H,19,20). The number of rotatable bonds is 4. The molecule has 2 N–H and O–H groups in total. The summed E-state index contributed by atoms with van der Waals surface area (Å²) in [7, 11) is -3.73. The van der Waals surface area contributed by atoms with Gasteiger partial charge in [-0.15, -0.1) is 0 Å². The van der Waals surface area contributed by atoms with Crippen LogP contribution in [0.25, 0.3) is 17.0 Å². The van der Waals surface area contributed by atoms with Crippen molar-refractivity contribution in [3.8, 4) is 5.95 Å². The molecule has 2 heterocycles. The van der Waals surface area contributed by atoms with Crippen molar-refractivity contribution in [1.82, 2.24) is 19.7 Å². The van der Waals surface area contributed by atoms with E-state index in [0.717, 1.165) is 16.6 Å². The Morgan fingerprint density at radius 1 is 1.04 bits per heavy atom. The van der Waals surface area contributed by atoms with Crippen molar-refractivity contribution in [1.29, 1.82) is 0 Å². The summed E-state index contributed by atoms with van der Waals surface area (Å²) in [5.74, 6) is 0.767. The molecule has 0 amide bonds. The molecule has 0 spiro atoms.